The lowest BCUT2D eigenvalue weighted by Gasteiger charge is -2.44. The van der Waals surface area contributed by atoms with Gasteiger partial charge in [-0.15, -0.1) is 0 Å². The van der Waals surface area contributed by atoms with Gasteiger partial charge in [-0.1, -0.05) is 161 Å². The molecule has 2 heteroatoms. The molecule has 1 aromatic heterocycles. The highest BCUT2D eigenvalue weighted by Crippen LogP contribution is 2.51. The first kappa shape index (κ1) is 42.0. The van der Waals surface area contributed by atoms with Crippen LogP contribution in [0.25, 0.3) is 49.7 Å². The summed E-state index contributed by atoms with van der Waals surface area (Å²) in [5.74, 6) is 3.70. The van der Waals surface area contributed by atoms with E-state index in [4.69, 9.17) is 0 Å². The molecule has 0 amide bonds. The molecule has 11 rings (SSSR count). The molecule has 2 unspecified atom stereocenters. The van der Waals surface area contributed by atoms with Gasteiger partial charge in [0.2, 0.25) is 0 Å². The number of hydrogen-bond donors (Lipinski definition) is 0. The van der Waals surface area contributed by atoms with E-state index in [0.29, 0.717) is 11.8 Å². The summed E-state index contributed by atoms with van der Waals surface area (Å²) in [7, 11) is 0. The predicted octanol–water partition coefficient (Wildman–Crippen LogP) is 17.8. The minimum atomic E-state index is -0.163. The molecule has 0 saturated heterocycles. The molecule has 2 bridgehead atoms. The molecule has 2 fully saturated rings. The summed E-state index contributed by atoms with van der Waals surface area (Å²) in [5.41, 5.74) is 17.5. The second kappa shape index (κ2) is 17.3. The van der Waals surface area contributed by atoms with E-state index in [9.17, 15) is 0 Å². The fraction of sp³-hybridized carbons (Fsp3) is 0.250. The van der Waals surface area contributed by atoms with E-state index in [-0.39, 0.29) is 5.41 Å². The molecule has 2 aliphatic carbocycles. The van der Waals surface area contributed by atoms with Crippen molar-refractivity contribution < 1.29 is 0 Å². The first-order chi connectivity index (χ1) is 32.2. The van der Waals surface area contributed by atoms with Gasteiger partial charge in [-0.05, 0) is 174 Å². The smallest absolute Gasteiger partial charge is 0.0541 e. The second-order valence-electron chi connectivity index (χ2n) is 20.5. The first-order valence-electron chi connectivity index (χ1n) is 24.5. The minimum Gasteiger partial charge on any atom is -0.310 e. The van der Waals surface area contributed by atoms with E-state index in [1.807, 2.05) is 0 Å². The Balaban J connectivity index is 1.01. The maximum Gasteiger partial charge on any atom is 0.0541 e. The van der Waals surface area contributed by atoms with Crippen LogP contribution in [0.5, 0.6) is 0 Å². The van der Waals surface area contributed by atoms with E-state index < -0.39 is 0 Å². The fourth-order valence-electron chi connectivity index (χ4n) is 12.7. The lowest BCUT2D eigenvalue weighted by atomic mass is 9.61. The Labute approximate surface area is 392 Å². The SMILES string of the molecule is Cc1ccccc1C(C)(C)c1ccc(N(c2ccc(-c3ccccc3)cc2)c2ccc(-c3cccc(-n4c5ccccc5c5ccccc54)c3)cc2)cc1[C@@H](C)C1C[C@H]2CC(C)C[C@@H](C1)C2. The van der Waals surface area contributed by atoms with Crippen LogP contribution < -0.4 is 4.90 Å². The molecule has 5 atom stereocenters. The zero-order valence-electron chi connectivity index (χ0n) is 39.3. The lowest BCUT2D eigenvalue weighted by molar-refractivity contribution is 0.0935. The van der Waals surface area contributed by atoms with Crippen LogP contribution in [-0.2, 0) is 5.41 Å². The summed E-state index contributed by atoms with van der Waals surface area (Å²) in [6.07, 6.45) is 6.92. The third kappa shape index (κ3) is 7.75. The standard InChI is InChI=1S/C64H62N2/c1-43-36-46-38-47(37-43)40-52(39-46)45(3)59-42-56(34-35-61(59)64(4,5)60-23-12-9-16-44(60)2)65(53-30-26-49(27-31-53)48-17-7-6-8-18-48)54-32-28-50(29-33-54)51-19-15-20-55(41-51)66-62-24-13-10-21-57(62)58-22-11-14-25-63(58)66/h6-35,41-43,45-47,52H,36-40H2,1-5H3/t43?,45-,46-,47+,52?/m0/s1. The van der Waals surface area contributed by atoms with Crippen LogP contribution in [0.3, 0.4) is 0 Å². The number of aromatic nitrogens is 1. The van der Waals surface area contributed by atoms with Gasteiger partial charge in [0.05, 0.1) is 11.0 Å². The fourth-order valence-corrected chi connectivity index (χ4v) is 12.7. The Morgan fingerprint density at radius 2 is 1.02 bits per heavy atom. The lowest BCUT2D eigenvalue weighted by Crippen LogP contribution is -2.33. The zero-order valence-corrected chi connectivity index (χ0v) is 39.3. The van der Waals surface area contributed by atoms with Gasteiger partial charge < -0.3 is 9.47 Å². The Hall–Kier alpha value is -6.64. The average Bonchev–Trinajstić information content (AvgIpc) is 3.69. The van der Waals surface area contributed by atoms with E-state index in [1.54, 1.807) is 0 Å². The summed E-state index contributed by atoms with van der Waals surface area (Å²) in [6.45, 7) is 12.2. The monoisotopic (exact) mass is 858 g/mol. The highest BCUT2D eigenvalue weighted by molar-refractivity contribution is 6.09. The molecule has 0 aliphatic heterocycles. The number of fused-ring (bicyclic) bond motifs is 5. The third-order valence-corrected chi connectivity index (χ3v) is 15.8. The minimum absolute atomic E-state index is 0.163. The molecule has 2 aliphatic rings. The van der Waals surface area contributed by atoms with Crippen molar-refractivity contribution in [3.8, 4) is 27.9 Å². The number of anilines is 3. The quantitative estimate of drug-likeness (QED) is 0.133. The maximum absolute atomic E-state index is 2.58. The van der Waals surface area contributed by atoms with E-state index in [2.05, 4.69) is 238 Å². The van der Waals surface area contributed by atoms with Crippen molar-refractivity contribution in [3.63, 3.8) is 0 Å². The Bertz CT molecular complexity index is 3080. The van der Waals surface area contributed by atoms with Gasteiger partial charge in [0.15, 0.2) is 0 Å². The second-order valence-corrected chi connectivity index (χ2v) is 20.5. The van der Waals surface area contributed by atoms with Gasteiger partial charge >= 0.3 is 0 Å². The maximum atomic E-state index is 2.58. The molecule has 2 nitrogen and oxygen atoms in total. The van der Waals surface area contributed by atoms with Gasteiger partial charge in [0.25, 0.3) is 0 Å². The van der Waals surface area contributed by atoms with Crippen molar-refractivity contribution in [3.05, 3.63) is 216 Å². The van der Waals surface area contributed by atoms with Gasteiger partial charge in [-0.2, -0.15) is 0 Å². The largest absolute Gasteiger partial charge is 0.310 e. The Kier molecular flexibility index (Phi) is 11.0. The van der Waals surface area contributed by atoms with Crippen LogP contribution >= 0.6 is 0 Å². The highest BCUT2D eigenvalue weighted by Gasteiger charge is 2.39. The molecule has 66 heavy (non-hydrogen) atoms. The number of rotatable bonds is 10. The summed E-state index contributed by atoms with van der Waals surface area (Å²) in [4.78, 5) is 2.49. The number of benzene rings is 8. The Morgan fingerprint density at radius 3 is 1.65 bits per heavy atom. The normalized spacial score (nSPS) is 18.9. The van der Waals surface area contributed by atoms with Crippen molar-refractivity contribution in [1.82, 2.24) is 4.57 Å². The van der Waals surface area contributed by atoms with Crippen LogP contribution in [0.4, 0.5) is 17.1 Å². The van der Waals surface area contributed by atoms with Gasteiger partial charge in [-0.25, -0.2) is 0 Å². The molecule has 0 N–H and O–H groups in total. The molecule has 328 valence electrons. The van der Waals surface area contributed by atoms with E-state index >= 15 is 0 Å². The number of hydrogen-bond acceptors (Lipinski definition) is 1. The van der Waals surface area contributed by atoms with Crippen molar-refractivity contribution in [2.24, 2.45) is 23.7 Å². The van der Waals surface area contributed by atoms with E-state index in [0.717, 1.165) is 29.1 Å². The van der Waals surface area contributed by atoms with Crippen molar-refractivity contribution >= 4 is 38.9 Å². The topological polar surface area (TPSA) is 8.17 Å². The number of aryl methyl sites for hydroxylation is 1. The molecular formula is C64H62N2. The van der Waals surface area contributed by atoms with Crippen molar-refractivity contribution in [2.45, 2.75) is 78.1 Å². The Morgan fingerprint density at radius 1 is 0.485 bits per heavy atom. The summed E-state index contributed by atoms with van der Waals surface area (Å²) in [5, 5.41) is 2.56. The molecular weight excluding hydrogens is 797 g/mol. The van der Waals surface area contributed by atoms with Crippen LogP contribution in [0.2, 0.25) is 0 Å². The zero-order chi connectivity index (χ0) is 44.9. The van der Waals surface area contributed by atoms with Gasteiger partial charge in [-0.3, -0.25) is 0 Å². The van der Waals surface area contributed by atoms with Crippen molar-refractivity contribution in [2.75, 3.05) is 4.90 Å². The number of nitrogens with zero attached hydrogens (tertiary/aromatic N) is 2. The molecule has 1 heterocycles. The molecule has 0 radical (unpaired) electrons. The summed E-state index contributed by atoms with van der Waals surface area (Å²) >= 11 is 0. The first-order valence-corrected chi connectivity index (χ1v) is 24.5. The van der Waals surface area contributed by atoms with Crippen LogP contribution in [0, 0.1) is 30.6 Å². The predicted molar refractivity (Wildman–Crippen MR) is 281 cm³/mol. The highest BCUT2D eigenvalue weighted by atomic mass is 15.1. The molecule has 8 aromatic carbocycles. The molecule has 2 saturated carbocycles. The van der Waals surface area contributed by atoms with Crippen LogP contribution in [0.15, 0.2) is 194 Å². The summed E-state index contributed by atoms with van der Waals surface area (Å²) < 4.78 is 2.41. The van der Waals surface area contributed by atoms with E-state index in [1.165, 1.54) is 110 Å². The van der Waals surface area contributed by atoms with Crippen molar-refractivity contribution in [1.29, 1.82) is 0 Å². The third-order valence-electron chi connectivity index (χ3n) is 15.8. The van der Waals surface area contributed by atoms with Gasteiger partial charge in [0.1, 0.15) is 0 Å². The number of para-hydroxylation sites is 2. The summed E-state index contributed by atoms with van der Waals surface area (Å²) in [6, 6.07) is 72.2. The van der Waals surface area contributed by atoms with Crippen LogP contribution in [-0.4, -0.2) is 4.57 Å². The molecule has 9 aromatic rings. The van der Waals surface area contributed by atoms with Gasteiger partial charge in [0, 0.05) is 38.9 Å². The van der Waals surface area contributed by atoms with Crippen LogP contribution in [0.1, 0.15) is 88.0 Å². The average molecular weight is 859 g/mol. The molecule has 0 spiro atoms.